The van der Waals surface area contributed by atoms with Crippen molar-refractivity contribution in [2.45, 2.75) is 13.8 Å². The highest BCUT2D eigenvalue weighted by molar-refractivity contribution is 5.78. The molecule has 0 unspecified atom stereocenters. The molecular weight excluding hydrogens is 270 g/mol. The van der Waals surface area contributed by atoms with E-state index in [1.807, 2.05) is 13.8 Å². The number of amides is 1. The van der Waals surface area contributed by atoms with Crippen LogP contribution < -0.4 is 4.74 Å². The van der Waals surface area contributed by atoms with Gasteiger partial charge in [-0.05, 0) is 26.0 Å². The molecule has 0 fully saturated rings. The fraction of sp³-hybridized carbons (Fsp3) is 0.267. The van der Waals surface area contributed by atoms with E-state index < -0.39 is 6.09 Å². The van der Waals surface area contributed by atoms with E-state index in [-0.39, 0.29) is 5.75 Å². The molecule has 2 heterocycles. The number of aromatic hydroxyl groups is 1. The van der Waals surface area contributed by atoms with Gasteiger partial charge in [0.15, 0.2) is 5.75 Å². The molecule has 0 spiro atoms. The largest absolute Gasteiger partial charge is 0.506 e. The second-order valence-electron chi connectivity index (χ2n) is 4.30. The molecule has 2 aromatic rings. The molecule has 2 rings (SSSR count). The summed E-state index contributed by atoms with van der Waals surface area (Å²) >= 11 is 0. The first-order valence-corrected chi connectivity index (χ1v) is 6.71. The molecule has 0 saturated carbocycles. The molecular formula is C15H17N3O3. The van der Waals surface area contributed by atoms with Crippen molar-refractivity contribution in [3.05, 3.63) is 36.9 Å². The van der Waals surface area contributed by atoms with Crippen LogP contribution in [0.3, 0.4) is 0 Å². The van der Waals surface area contributed by atoms with Crippen LogP contribution in [0.25, 0.3) is 11.1 Å². The van der Waals surface area contributed by atoms with Crippen LogP contribution in [-0.4, -0.2) is 39.2 Å². The van der Waals surface area contributed by atoms with Crippen LogP contribution in [0, 0.1) is 0 Å². The molecule has 1 amide bonds. The number of ether oxygens (including phenoxy) is 1. The summed E-state index contributed by atoms with van der Waals surface area (Å²) in [6.07, 6.45) is 5.49. The predicted octanol–water partition coefficient (Wildman–Crippen LogP) is 2.69. The van der Waals surface area contributed by atoms with Crippen LogP contribution in [0.5, 0.6) is 11.5 Å². The molecule has 110 valence electrons. The van der Waals surface area contributed by atoms with E-state index in [4.69, 9.17) is 4.74 Å². The number of hydrogen-bond donors (Lipinski definition) is 1. The molecule has 0 atom stereocenters. The summed E-state index contributed by atoms with van der Waals surface area (Å²) in [5.41, 5.74) is 1.13. The third-order valence-electron chi connectivity index (χ3n) is 3.09. The minimum atomic E-state index is -0.442. The minimum Gasteiger partial charge on any atom is -0.506 e. The van der Waals surface area contributed by atoms with Crippen LogP contribution in [0.15, 0.2) is 36.9 Å². The van der Waals surface area contributed by atoms with Gasteiger partial charge in [0, 0.05) is 36.6 Å². The van der Waals surface area contributed by atoms with E-state index in [1.54, 1.807) is 29.4 Å². The van der Waals surface area contributed by atoms with Gasteiger partial charge < -0.3 is 14.7 Å². The summed E-state index contributed by atoms with van der Waals surface area (Å²) in [7, 11) is 0. The highest BCUT2D eigenvalue weighted by atomic mass is 16.6. The van der Waals surface area contributed by atoms with Gasteiger partial charge >= 0.3 is 6.09 Å². The highest BCUT2D eigenvalue weighted by Gasteiger charge is 2.16. The van der Waals surface area contributed by atoms with E-state index in [1.165, 1.54) is 12.4 Å². The normalized spacial score (nSPS) is 10.2. The standard InChI is InChI=1S/C15H17N3O3/c1-3-18(4-2)15(20)21-14-10-17-8-6-12(14)11-5-7-16-9-13(11)19/h5-10,19H,3-4H2,1-2H3. The van der Waals surface area contributed by atoms with Gasteiger partial charge in [-0.25, -0.2) is 4.79 Å². The first-order valence-electron chi connectivity index (χ1n) is 6.71. The number of carbonyl (C=O) groups is 1. The van der Waals surface area contributed by atoms with Crippen LogP contribution >= 0.6 is 0 Å². The van der Waals surface area contributed by atoms with Crippen molar-refractivity contribution < 1.29 is 14.6 Å². The van der Waals surface area contributed by atoms with Gasteiger partial charge in [-0.1, -0.05) is 0 Å². The third-order valence-corrected chi connectivity index (χ3v) is 3.09. The SMILES string of the molecule is CCN(CC)C(=O)Oc1cnccc1-c1ccncc1O. The Bertz CT molecular complexity index is 627. The van der Waals surface area contributed by atoms with Gasteiger partial charge in [0.25, 0.3) is 0 Å². The summed E-state index contributed by atoms with van der Waals surface area (Å²) in [6.45, 7) is 4.88. The molecule has 2 aromatic heterocycles. The molecule has 0 saturated heterocycles. The van der Waals surface area contributed by atoms with Crippen LogP contribution in [0.1, 0.15) is 13.8 Å². The Kier molecular flexibility index (Phi) is 4.71. The monoisotopic (exact) mass is 287 g/mol. The minimum absolute atomic E-state index is 0.0174. The van der Waals surface area contributed by atoms with Crippen molar-refractivity contribution in [2.75, 3.05) is 13.1 Å². The van der Waals surface area contributed by atoms with Crippen molar-refractivity contribution in [3.63, 3.8) is 0 Å². The average molecular weight is 287 g/mol. The predicted molar refractivity (Wildman–Crippen MR) is 78.1 cm³/mol. The maximum atomic E-state index is 12.0. The fourth-order valence-electron chi connectivity index (χ4n) is 1.94. The van der Waals surface area contributed by atoms with Crippen LogP contribution in [0.4, 0.5) is 4.79 Å². The van der Waals surface area contributed by atoms with Crippen molar-refractivity contribution in [2.24, 2.45) is 0 Å². The molecule has 0 aliphatic carbocycles. The van der Waals surface area contributed by atoms with Crippen molar-refractivity contribution in [1.82, 2.24) is 14.9 Å². The van der Waals surface area contributed by atoms with Gasteiger partial charge in [-0.15, -0.1) is 0 Å². The van der Waals surface area contributed by atoms with E-state index in [0.717, 1.165) is 0 Å². The summed E-state index contributed by atoms with van der Waals surface area (Å²) in [4.78, 5) is 21.4. The van der Waals surface area contributed by atoms with Crippen molar-refractivity contribution in [3.8, 4) is 22.6 Å². The quantitative estimate of drug-likeness (QED) is 0.935. The highest BCUT2D eigenvalue weighted by Crippen LogP contribution is 2.34. The fourth-order valence-corrected chi connectivity index (χ4v) is 1.94. The molecule has 0 bridgehead atoms. The summed E-state index contributed by atoms with van der Waals surface area (Å²) in [5.74, 6) is 0.319. The Morgan fingerprint density at radius 3 is 2.38 bits per heavy atom. The Hall–Kier alpha value is -2.63. The lowest BCUT2D eigenvalue weighted by atomic mass is 10.1. The van der Waals surface area contributed by atoms with Crippen molar-refractivity contribution in [1.29, 1.82) is 0 Å². The molecule has 1 N–H and O–H groups in total. The van der Waals surface area contributed by atoms with Crippen LogP contribution in [-0.2, 0) is 0 Å². The van der Waals surface area contributed by atoms with Crippen molar-refractivity contribution >= 4 is 6.09 Å². The third kappa shape index (κ3) is 3.28. The second-order valence-corrected chi connectivity index (χ2v) is 4.30. The second kappa shape index (κ2) is 6.69. The Labute approximate surface area is 123 Å². The lowest BCUT2D eigenvalue weighted by molar-refractivity contribution is 0.157. The number of carbonyl (C=O) groups excluding carboxylic acids is 1. The maximum absolute atomic E-state index is 12.0. The molecule has 0 aliphatic heterocycles. The summed E-state index contributed by atoms with van der Waals surface area (Å²) in [5, 5.41) is 9.89. The lowest BCUT2D eigenvalue weighted by Crippen LogP contribution is -2.33. The molecule has 6 heteroatoms. The molecule has 0 aromatic carbocycles. The first kappa shape index (κ1) is 14.8. The first-order chi connectivity index (χ1) is 10.2. The zero-order chi connectivity index (χ0) is 15.2. The molecule has 6 nitrogen and oxygen atoms in total. The zero-order valence-corrected chi connectivity index (χ0v) is 12.0. The van der Waals surface area contributed by atoms with Gasteiger partial charge in [0.1, 0.15) is 5.75 Å². The number of rotatable bonds is 4. The smallest absolute Gasteiger partial charge is 0.415 e. The summed E-state index contributed by atoms with van der Waals surface area (Å²) in [6, 6.07) is 3.33. The summed E-state index contributed by atoms with van der Waals surface area (Å²) < 4.78 is 5.39. The number of aromatic nitrogens is 2. The molecule has 0 radical (unpaired) electrons. The average Bonchev–Trinajstić information content (AvgIpc) is 2.50. The number of nitrogens with zero attached hydrogens (tertiary/aromatic N) is 3. The van der Waals surface area contributed by atoms with E-state index in [9.17, 15) is 9.90 Å². The molecule has 0 aliphatic rings. The van der Waals surface area contributed by atoms with Crippen LogP contribution in [0.2, 0.25) is 0 Å². The van der Waals surface area contributed by atoms with E-state index in [2.05, 4.69) is 9.97 Å². The van der Waals surface area contributed by atoms with E-state index >= 15 is 0 Å². The Balaban J connectivity index is 2.34. The van der Waals surface area contributed by atoms with Gasteiger partial charge in [0.05, 0.1) is 12.4 Å². The number of pyridine rings is 2. The van der Waals surface area contributed by atoms with Gasteiger partial charge in [0.2, 0.25) is 0 Å². The van der Waals surface area contributed by atoms with Gasteiger partial charge in [-0.2, -0.15) is 0 Å². The van der Waals surface area contributed by atoms with E-state index in [0.29, 0.717) is 30.0 Å². The Morgan fingerprint density at radius 1 is 1.14 bits per heavy atom. The maximum Gasteiger partial charge on any atom is 0.415 e. The van der Waals surface area contributed by atoms with Gasteiger partial charge in [-0.3, -0.25) is 9.97 Å². The zero-order valence-electron chi connectivity index (χ0n) is 12.0. The Morgan fingerprint density at radius 2 is 1.76 bits per heavy atom. The lowest BCUT2D eigenvalue weighted by Gasteiger charge is -2.19. The number of hydrogen-bond acceptors (Lipinski definition) is 5. The topological polar surface area (TPSA) is 75.6 Å². The molecule has 21 heavy (non-hydrogen) atoms.